The fourth-order valence-electron chi connectivity index (χ4n) is 2.11. The minimum atomic E-state index is 0.0999. The van der Waals surface area contributed by atoms with Gasteiger partial charge in [0.25, 0.3) is 0 Å². The maximum absolute atomic E-state index is 9.33. The molecule has 1 aliphatic rings. The summed E-state index contributed by atoms with van der Waals surface area (Å²) in [6, 6.07) is 0.622. The van der Waals surface area contributed by atoms with Gasteiger partial charge in [-0.3, -0.25) is 0 Å². The van der Waals surface area contributed by atoms with Gasteiger partial charge in [0.1, 0.15) is 0 Å². The van der Waals surface area contributed by atoms with E-state index in [0.29, 0.717) is 24.4 Å². The zero-order chi connectivity index (χ0) is 11.5. The highest BCUT2D eigenvalue weighted by Crippen LogP contribution is 2.28. The minimum absolute atomic E-state index is 0.0999. The number of rotatable bonds is 4. The van der Waals surface area contributed by atoms with Crippen LogP contribution in [0.15, 0.2) is 4.42 Å². The Morgan fingerprint density at radius 1 is 1.56 bits per heavy atom. The van der Waals surface area contributed by atoms with Crippen LogP contribution >= 0.6 is 0 Å². The fraction of sp³-hybridized carbons (Fsp3) is 0.800. The van der Waals surface area contributed by atoms with Crippen LogP contribution in [0.5, 0.6) is 0 Å². The van der Waals surface area contributed by atoms with Crippen molar-refractivity contribution in [2.75, 3.05) is 25.1 Å². The third kappa shape index (κ3) is 2.03. The summed E-state index contributed by atoms with van der Waals surface area (Å²) in [5.74, 6) is 1.04. The van der Waals surface area contributed by atoms with Gasteiger partial charge in [0, 0.05) is 6.54 Å². The average molecular weight is 226 g/mol. The summed E-state index contributed by atoms with van der Waals surface area (Å²) in [5.41, 5.74) is 0. The molecule has 0 bridgehead atoms. The molecule has 0 saturated carbocycles. The van der Waals surface area contributed by atoms with Crippen LogP contribution in [-0.2, 0) is 6.54 Å². The second-order valence-electron chi connectivity index (χ2n) is 4.22. The largest absolute Gasteiger partial charge is 0.407 e. The summed E-state index contributed by atoms with van der Waals surface area (Å²) in [4.78, 5) is 2.00. The van der Waals surface area contributed by atoms with Crippen LogP contribution in [0.4, 0.5) is 6.01 Å². The Bertz CT molecular complexity index is 341. The van der Waals surface area contributed by atoms with E-state index in [2.05, 4.69) is 22.4 Å². The van der Waals surface area contributed by atoms with Crippen molar-refractivity contribution >= 4 is 6.01 Å². The average Bonchev–Trinajstić information content (AvgIpc) is 2.85. The number of hydrogen-bond donors (Lipinski definition) is 2. The van der Waals surface area contributed by atoms with E-state index in [9.17, 15) is 5.11 Å². The molecular weight excluding hydrogens is 208 g/mol. The third-order valence-electron chi connectivity index (χ3n) is 3.10. The lowest BCUT2D eigenvalue weighted by atomic mass is 10.0. The van der Waals surface area contributed by atoms with Gasteiger partial charge in [0.2, 0.25) is 5.89 Å². The van der Waals surface area contributed by atoms with Crippen molar-refractivity contribution in [1.82, 2.24) is 15.5 Å². The van der Waals surface area contributed by atoms with Crippen LogP contribution in [0.1, 0.15) is 19.2 Å². The topological polar surface area (TPSA) is 74.4 Å². The molecular formula is C10H18N4O2. The maximum Gasteiger partial charge on any atom is 0.318 e. The van der Waals surface area contributed by atoms with E-state index < -0.39 is 0 Å². The first kappa shape index (κ1) is 11.3. The molecule has 1 aromatic heterocycles. The summed E-state index contributed by atoms with van der Waals surface area (Å²) in [6.07, 6.45) is 1.05. The predicted octanol–water partition coefficient (Wildman–Crippen LogP) is -0.00390. The molecule has 90 valence electrons. The van der Waals surface area contributed by atoms with Gasteiger partial charge < -0.3 is 19.7 Å². The molecule has 0 spiro atoms. The van der Waals surface area contributed by atoms with Crippen molar-refractivity contribution in [3.63, 3.8) is 0 Å². The zero-order valence-electron chi connectivity index (χ0n) is 9.68. The van der Waals surface area contributed by atoms with Gasteiger partial charge in [0.15, 0.2) is 0 Å². The van der Waals surface area contributed by atoms with Crippen LogP contribution in [0.2, 0.25) is 0 Å². The monoisotopic (exact) mass is 226 g/mol. The highest BCUT2D eigenvalue weighted by atomic mass is 16.4. The van der Waals surface area contributed by atoms with Gasteiger partial charge in [-0.2, -0.15) is 0 Å². The molecule has 2 N–H and O–H groups in total. The molecule has 0 amide bonds. The Morgan fingerprint density at radius 3 is 3.06 bits per heavy atom. The normalized spacial score (nSPS) is 25.3. The highest BCUT2D eigenvalue weighted by molar-refractivity contribution is 5.29. The number of anilines is 1. The number of aliphatic hydroxyl groups is 1. The molecule has 2 heterocycles. The second kappa shape index (κ2) is 4.80. The molecule has 1 fully saturated rings. The van der Waals surface area contributed by atoms with E-state index >= 15 is 0 Å². The van der Waals surface area contributed by atoms with E-state index in [0.717, 1.165) is 13.0 Å². The van der Waals surface area contributed by atoms with E-state index in [4.69, 9.17) is 4.42 Å². The number of nitrogens with zero attached hydrogens (tertiary/aromatic N) is 3. The number of nitrogens with one attached hydrogen (secondary N) is 1. The van der Waals surface area contributed by atoms with Crippen molar-refractivity contribution in [2.45, 2.75) is 25.9 Å². The second-order valence-corrected chi connectivity index (χ2v) is 4.22. The Balaban J connectivity index is 2.10. The molecule has 2 atom stereocenters. The van der Waals surface area contributed by atoms with Crippen molar-refractivity contribution in [2.24, 2.45) is 5.92 Å². The molecule has 1 aliphatic heterocycles. The van der Waals surface area contributed by atoms with E-state index in [1.807, 2.05) is 11.9 Å². The minimum Gasteiger partial charge on any atom is -0.407 e. The molecule has 6 heteroatoms. The molecule has 0 aromatic carbocycles. The highest BCUT2D eigenvalue weighted by Gasteiger charge is 2.33. The molecule has 2 unspecified atom stereocenters. The lowest BCUT2D eigenvalue weighted by Gasteiger charge is -2.22. The van der Waals surface area contributed by atoms with Gasteiger partial charge in [0.05, 0.1) is 19.2 Å². The molecule has 1 aromatic rings. The number of aromatic nitrogens is 2. The van der Waals surface area contributed by atoms with Gasteiger partial charge in [-0.1, -0.05) is 12.0 Å². The Kier molecular flexibility index (Phi) is 3.40. The molecule has 16 heavy (non-hydrogen) atoms. The van der Waals surface area contributed by atoms with Gasteiger partial charge in [-0.15, -0.1) is 5.10 Å². The Morgan fingerprint density at radius 2 is 2.38 bits per heavy atom. The van der Waals surface area contributed by atoms with Crippen molar-refractivity contribution in [3.8, 4) is 0 Å². The smallest absolute Gasteiger partial charge is 0.318 e. The van der Waals surface area contributed by atoms with Gasteiger partial charge in [-0.05, 0) is 19.4 Å². The predicted molar refractivity (Wildman–Crippen MR) is 59.1 cm³/mol. The summed E-state index contributed by atoms with van der Waals surface area (Å²) in [6.45, 7) is 3.70. The zero-order valence-corrected chi connectivity index (χ0v) is 9.68. The Labute approximate surface area is 94.7 Å². The van der Waals surface area contributed by atoms with Crippen molar-refractivity contribution in [1.29, 1.82) is 0 Å². The van der Waals surface area contributed by atoms with Crippen molar-refractivity contribution < 1.29 is 9.52 Å². The molecule has 2 rings (SSSR count). The van der Waals surface area contributed by atoms with Crippen LogP contribution < -0.4 is 10.2 Å². The molecule has 6 nitrogen and oxygen atoms in total. The SMILES string of the molecule is CNCc1nnc(N2CCC(C)C2CO)o1. The number of aliphatic hydroxyl groups excluding tert-OH is 1. The molecule has 1 saturated heterocycles. The lowest BCUT2D eigenvalue weighted by molar-refractivity contribution is 0.241. The van der Waals surface area contributed by atoms with Crippen LogP contribution in [0.25, 0.3) is 0 Å². The van der Waals surface area contributed by atoms with E-state index in [1.54, 1.807) is 0 Å². The maximum atomic E-state index is 9.33. The van der Waals surface area contributed by atoms with E-state index in [-0.39, 0.29) is 12.6 Å². The Hall–Kier alpha value is -1.14. The standard InChI is InChI=1S/C10H18N4O2/c1-7-3-4-14(8(7)6-15)10-13-12-9(16-10)5-11-2/h7-8,11,15H,3-6H2,1-2H3. The van der Waals surface area contributed by atoms with Crippen molar-refractivity contribution in [3.05, 3.63) is 5.89 Å². The van der Waals surface area contributed by atoms with Gasteiger partial charge in [-0.25, -0.2) is 0 Å². The summed E-state index contributed by atoms with van der Waals surface area (Å²) >= 11 is 0. The van der Waals surface area contributed by atoms with Crippen LogP contribution in [0.3, 0.4) is 0 Å². The van der Waals surface area contributed by atoms with Crippen LogP contribution in [0, 0.1) is 5.92 Å². The molecule has 0 aliphatic carbocycles. The summed E-state index contributed by atoms with van der Waals surface area (Å²) < 4.78 is 5.52. The first-order chi connectivity index (χ1) is 7.76. The quantitative estimate of drug-likeness (QED) is 0.752. The first-order valence-electron chi connectivity index (χ1n) is 5.60. The third-order valence-corrected chi connectivity index (χ3v) is 3.10. The van der Waals surface area contributed by atoms with Gasteiger partial charge >= 0.3 is 6.01 Å². The lowest BCUT2D eigenvalue weighted by Crippen LogP contribution is -2.35. The summed E-state index contributed by atoms with van der Waals surface area (Å²) in [7, 11) is 1.83. The molecule has 0 radical (unpaired) electrons. The summed E-state index contributed by atoms with van der Waals surface area (Å²) in [5, 5.41) is 20.2. The van der Waals surface area contributed by atoms with Crippen LogP contribution in [-0.4, -0.2) is 41.5 Å². The number of hydrogen-bond acceptors (Lipinski definition) is 6. The first-order valence-corrected chi connectivity index (χ1v) is 5.60. The fourth-order valence-corrected chi connectivity index (χ4v) is 2.11. The van der Waals surface area contributed by atoms with E-state index in [1.165, 1.54) is 0 Å².